The molecule has 0 radical (unpaired) electrons. The molecule has 0 bridgehead atoms. The van der Waals surface area contributed by atoms with Gasteiger partial charge in [-0.2, -0.15) is 0 Å². The standard InChI is InChI=1S/C18H29N3O/c1-17(2,3)15-14-12(19-16(20-15)18(4,5)6)7-8-21-9-10-22-11-13(14)21/h13H,7-11H2,1-6H3. The van der Waals surface area contributed by atoms with Gasteiger partial charge in [-0.05, 0) is 0 Å². The lowest BCUT2D eigenvalue weighted by Crippen LogP contribution is -2.45. The summed E-state index contributed by atoms with van der Waals surface area (Å²) in [7, 11) is 0. The lowest BCUT2D eigenvalue weighted by molar-refractivity contribution is -0.0143. The molecule has 1 aromatic rings. The van der Waals surface area contributed by atoms with E-state index in [2.05, 4.69) is 46.4 Å². The van der Waals surface area contributed by atoms with Crippen molar-refractivity contribution in [3.05, 3.63) is 22.8 Å². The predicted molar refractivity (Wildman–Crippen MR) is 88.3 cm³/mol. The molecule has 1 fully saturated rings. The molecule has 1 saturated heterocycles. The summed E-state index contributed by atoms with van der Waals surface area (Å²) in [5.41, 5.74) is 3.80. The largest absolute Gasteiger partial charge is 0.378 e. The first kappa shape index (κ1) is 15.9. The molecule has 0 amide bonds. The molecular formula is C18H29N3O. The monoisotopic (exact) mass is 303 g/mol. The van der Waals surface area contributed by atoms with Crippen LogP contribution >= 0.6 is 0 Å². The second-order valence-electron chi connectivity index (χ2n) is 8.63. The number of fused-ring (bicyclic) bond motifs is 3. The molecule has 0 aromatic carbocycles. The van der Waals surface area contributed by atoms with Crippen LogP contribution in [-0.4, -0.2) is 41.2 Å². The van der Waals surface area contributed by atoms with Gasteiger partial charge in [0.25, 0.3) is 0 Å². The van der Waals surface area contributed by atoms with Gasteiger partial charge in [0.1, 0.15) is 5.82 Å². The Morgan fingerprint density at radius 1 is 1.00 bits per heavy atom. The maximum absolute atomic E-state index is 5.76. The third-order valence-electron chi connectivity index (χ3n) is 4.61. The summed E-state index contributed by atoms with van der Waals surface area (Å²) in [6, 6.07) is 0.334. The quantitative estimate of drug-likeness (QED) is 0.738. The third kappa shape index (κ3) is 2.79. The van der Waals surface area contributed by atoms with Gasteiger partial charge in [-0.25, -0.2) is 9.97 Å². The number of rotatable bonds is 0. The summed E-state index contributed by atoms with van der Waals surface area (Å²) < 4.78 is 5.76. The summed E-state index contributed by atoms with van der Waals surface area (Å²) in [5.74, 6) is 0.973. The van der Waals surface area contributed by atoms with Crippen molar-refractivity contribution >= 4 is 0 Å². The fourth-order valence-electron chi connectivity index (χ4n) is 3.38. The number of nitrogens with zero attached hydrogens (tertiary/aromatic N) is 3. The molecule has 3 rings (SSSR count). The molecule has 122 valence electrons. The Morgan fingerprint density at radius 3 is 2.36 bits per heavy atom. The van der Waals surface area contributed by atoms with Gasteiger partial charge in [0.2, 0.25) is 0 Å². The van der Waals surface area contributed by atoms with Crippen molar-refractivity contribution in [3.8, 4) is 0 Å². The number of hydrogen-bond acceptors (Lipinski definition) is 4. The van der Waals surface area contributed by atoms with E-state index in [1.807, 2.05) is 0 Å². The van der Waals surface area contributed by atoms with E-state index in [0.29, 0.717) is 6.04 Å². The van der Waals surface area contributed by atoms with Crippen LogP contribution in [0.15, 0.2) is 0 Å². The molecule has 4 heteroatoms. The van der Waals surface area contributed by atoms with Gasteiger partial charge in [0, 0.05) is 35.9 Å². The van der Waals surface area contributed by atoms with E-state index in [4.69, 9.17) is 14.7 Å². The van der Waals surface area contributed by atoms with E-state index in [9.17, 15) is 0 Å². The van der Waals surface area contributed by atoms with Gasteiger partial charge in [-0.15, -0.1) is 0 Å². The van der Waals surface area contributed by atoms with Gasteiger partial charge < -0.3 is 4.74 Å². The van der Waals surface area contributed by atoms with E-state index in [1.165, 1.54) is 17.0 Å². The van der Waals surface area contributed by atoms with Crippen molar-refractivity contribution in [3.63, 3.8) is 0 Å². The zero-order chi connectivity index (χ0) is 16.1. The summed E-state index contributed by atoms with van der Waals surface area (Å²) in [5, 5.41) is 0. The van der Waals surface area contributed by atoms with Gasteiger partial charge in [0.15, 0.2) is 0 Å². The Hall–Kier alpha value is -1.00. The zero-order valence-electron chi connectivity index (χ0n) is 14.9. The first-order valence-electron chi connectivity index (χ1n) is 8.41. The van der Waals surface area contributed by atoms with Gasteiger partial charge >= 0.3 is 0 Å². The Kier molecular flexibility index (Phi) is 3.81. The van der Waals surface area contributed by atoms with E-state index < -0.39 is 0 Å². The van der Waals surface area contributed by atoms with Crippen LogP contribution in [-0.2, 0) is 22.0 Å². The minimum Gasteiger partial charge on any atom is -0.378 e. The second-order valence-corrected chi connectivity index (χ2v) is 8.63. The van der Waals surface area contributed by atoms with E-state index >= 15 is 0 Å². The highest BCUT2D eigenvalue weighted by atomic mass is 16.5. The van der Waals surface area contributed by atoms with Crippen molar-refractivity contribution in [2.75, 3.05) is 26.3 Å². The van der Waals surface area contributed by atoms with Crippen LogP contribution in [0, 0.1) is 0 Å². The molecule has 22 heavy (non-hydrogen) atoms. The molecule has 4 nitrogen and oxygen atoms in total. The van der Waals surface area contributed by atoms with Crippen molar-refractivity contribution in [2.24, 2.45) is 0 Å². The molecule has 0 saturated carbocycles. The summed E-state index contributed by atoms with van der Waals surface area (Å²) in [6.07, 6.45) is 1.03. The summed E-state index contributed by atoms with van der Waals surface area (Å²) >= 11 is 0. The molecule has 0 N–H and O–H groups in total. The molecule has 0 aliphatic carbocycles. The van der Waals surface area contributed by atoms with Crippen LogP contribution in [0.3, 0.4) is 0 Å². The lowest BCUT2D eigenvalue weighted by atomic mass is 9.82. The van der Waals surface area contributed by atoms with Crippen molar-refractivity contribution < 1.29 is 4.74 Å². The molecule has 2 aliphatic rings. The van der Waals surface area contributed by atoms with E-state index in [1.54, 1.807) is 0 Å². The van der Waals surface area contributed by atoms with Crippen LogP contribution in [0.25, 0.3) is 0 Å². The first-order valence-corrected chi connectivity index (χ1v) is 8.41. The minimum absolute atomic E-state index is 0.0186. The van der Waals surface area contributed by atoms with Crippen molar-refractivity contribution in [2.45, 2.75) is 64.8 Å². The molecule has 1 atom stereocenters. The fraction of sp³-hybridized carbons (Fsp3) is 0.778. The topological polar surface area (TPSA) is 38.3 Å². The molecule has 3 heterocycles. The maximum atomic E-state index is 5.76. The van der Waals surface area contributed by atoms with Crippen LogP contribution < -0.4 is 0 Å². The normalized spacial score (nSPS) is 23.1. The average Bonchev–Trinajstić information content (AvgIpc) is 2.44. The molecule has 2 aliphatic heterocycles. The Balaban J connectivity index is 2.18. The SMILES string of the molecule is CC(C)(C)c1nc2c(c(C(C)(C)C)n1)C1COCCN1CC2. The molecular weight excluding hydrogens is 274 g/mol. The number of ether oxygens (including phenoxy) is 1. The number of morpholine rings is 1. The lowest BCUT2D eigenvalue weighted by Gasteiger charge is -2.42. The zero-order valence-corrected chi connectivity index (χ0v) is 14.9. The molecule has 1 aromatic heterocycles. The predicted octanol–water partition coefficient (Wildman–Crippen LogP) is 3.00. The second kappa shape index (κ2) is 5.27. The Labute approximate surface area is 134 Å². The average molecular weight is 303 g/mol. The highest BCUT2D eigenvalue weighted by Gasteiger charge is 2.37. The smallest absolute Gasteiger partial charge is 0.134 e. The Morgan fingerprint density at radius 2 is 1.73 bits per heavy atom. The molecule has 0 spiro atoms. The third-order valence-corrected chi connectivity index (χ3v) is 4.61. The van der Waals surface area contributed by atoms with Gasteiger partial charge in [0.05, 0.1) is 30.6 Å². The van der Waals surface area contributed by atoms with Crippen LogP contribution in [0.5, 0.6) is 0 Å². The van der Waals surface area contributed by atoms with Gasteiger partial charge in [-0.1, -0.05) is 41.5 Å². The Bertz CT molecular complexity index is 569. The van der Waals surface area contributed by atoms with E-state index in [-0.39, 0.29) is 10.8 Å². The highest BCUT2D eigenvalue weighted by molar-refractivity contribution is 5.37. The van der Waals surface area contributed by atoms with Crippen molar-refractivity contribution in [1.29, 1.82) is 0 Å². The van der Waals surface area contributed by atoms with E-state index in [0.717, 1.165) is 38.5 Å². The molecule has 1 unspecified atom stereocenters. The first-order chi connectivity index (χ1) is 10.2. The maximum Gasteiger partial charge on any atom is 0.134 e. The highest BCUT2D eigenvalue weighted by Crippen LogP contribution is 2.38. The van der Waals surface area contributed by atoms with Gasteiger partial charge in [-0.3, -0.25) is 4.90 Å². The summed E-state index contributed by atoms with van der Waals surface area (Å²) in [6.45, 7) is 17.1. The van der Waals surface area contributed by atoms with Crippen LogP contribution in [0.2, 0.25) is 0 Å². The number of hydrogen-bond donors (Lipinski definition) is 0. The minimum atomic E-state index is -0.0186. The summed E-state index contributed by atoms with van der Waals surface area (Å²) in [4.78, 5) is 12.5. The fourth-order valence-corrected chi connectivity index (χ4v) is 3.38. The van der Waals surface area contributed by atoms with Crippen molar-refractivity contribution in [1.82, 2.24) is 14.9 Å². The number of aromatic nitrogens is 2. The van der Waals surface area contributed by atoms with Crippen LogP contribution in [0.4, 0.5) is 0 Å². The van der Waals surface area contributed by atoms with Crippen LogP contribution in [0.1, 0.15) is 70.4 Å².